The quantitative estimate of drug-likeness (QED) is 0.748. The Hall–Kier alpha value is -0.160. The normalized spacial score (nSPS) is 26.1. The number of hydrogen-bond acceptors (Lipinski definition) is 4. The van der Waals surface area contributed by atoms with Crippen molar-refractivity contribution in [2.75, 3.05) is 47.4 Å². The summed E-state index contributed by atoms with van der Waals surface area (Å²) in [4.78, 5) is 4.88. The molecule has 0 saturated carbocycles. The van der Waals surface area contributed by atoms with Crippen molar-refractivity contribution in [1.82, 2.24) is 9.80 Å². The maximum absolute atomic E-state index is 6.02. The van der Waals surface area contributed by atoms with E-state index in [1.807, 2.05) is 0 Å². The molecule has 2 unspecified atom stereocenters. The molecule has 0 bridgehead atoms. The summed E-state index contributed by atoms with van der Waals surface area (Å²) < 4.78 is 5.40. The molecule has 1 rings (SSSR count). The lowest BCUT2D eigenvalue weighted by Gasteiger charge is -2.47. The van der Waals surface area contributed by atoms with Gasteiger partial charge in [-0.1, -0.05) is 6.92 Å². The van der Waals surface area contributed by atoms with Crippen molar-refractivity contribution in [2.24, 2.45) is 5.73 Å². The molecule has 1 aliphatic rings. The lowest BCUT2D eigenvalue weighted by molar-refractivity contribution is -0.0172. The minimum atomic E-state index is 0.0312. The van der Waals surface area contributed by atoms with Gasteiger partial charge in [-0.05, 0) is 39.9 Å². The van der Waals surface area contributed by atoms with E-state index in [1.54, 1.807) is 7.11 Å². The number of nitrogens with zero attached hydrogens (tertiary/aromatic N) is 2. The maximum atomic E-state index is 6.02. The maximum Gasteiger partial charge on any atom is 0.0658 e. The van der Waals surface area contributed by atoms with Gasteiger partial charge in [-0.3, -0.25) is 4.90 Å². The summed E-state index contributed by atoms with van der Waals surface area (Å²) in [6.45, 7) is 5.89. The number of nitrogens with two attached hydrogens (primary N) is 1. The second-order valence-electron chi connectivity index (χ2n) is 5.42. The summed E-state index contributed by atoms with van der Waals surface area (Å²) >= 11 is 0. The fraction of sp³-hybridized carbons (Fsp3) is 1.00. The molecule has 0 aliphatic carbocycles. The number of rotatable bonds is 6. The second-order valence-corrected chi connectivity index (χ2v) is 5.42. The van der Waals surface area contributed by atoms with Crippen LogP contribution in [0.1, 0.15) is 26.2 Å². The lowest BCUT2D eigenvalue weighted by Crippen LogP contribution is -2.61. The van der Waals surface area contributed by atoms with E-state index >= 15 is 0 Å². The third kappa shape index (κ3) is 3.41. The van der Waals surface area contributed by atoms with Crippen LogP contribution in [0.3, 0.4) is 0 Å². The van der Waals surface area contributed by atoms with Gasteiger partial charge in [0.2, 0.25) is 0 Å². The molecule has 0 aromatic heterocycles. The highest BCUT2D eigenvalue weighted by molar-refractivity contribution is 4.94. The van der Waals surface area contributed by atoms with Crippen LogP contribution in [-0.2, 0) is 4.74 Å². The SMILES string of the molecule is CCC(CN)(COC)N1CCCC(N(C)C)C1. The van der Waals surface area contributed by atoms with Crippen LogP contribution in [0, 0.1) is 0 Å². The zero-order valence-corrected chi connectivity index (χ0v) is 11.9. The highest BCUT2D eigenvalue weighted by atomic mass is 16.5. The molecule has 102 valence electrons. The van der Waals surface area contributed by atoms with Gasteiger partial charge >= 0.3 is 0 Å². The van der Waals surface area contributed by atoms with Gasteiger partial charge in [0.15, 0.2) is 0 Å². The van der Waals surface area contributed by atoms with Gasteiger partial charge in [0.05, 0.1) is 12.1 Å². The van der Waals surface area contributed by atoms with Gasteiger partial charge in [-0.2, -0.15) is 0 Å². The Labute approximate surface area is 106 Å². The zero-order valence-electron chi connectivity index (χ0n) is 11.9. The van der Waals surface area contributed by atoms with Crippen molar-refractivity contribution in [3.8, 4) is 0 Å². The third-order valence-corrected chi connectivity index (χ3v) is 4.25. The first kappa shape index (κ1) is 14.9. The molecule has 2 atom stereocenters. The van der Waals surface area contributed by atoms with E-state index < -0.39 is 0 Å². The molecule has 1 fully saturated rings. The Bertz CT molecular complexity index is 217. The van der Waals surface area contributed by atoms with Gasteiger partial charge in [-0.15, -0.1) is 0 Å². The Morgan fingerprint density at radius 1 is 1.47 bits per heavy atom. The topological polar surface area (TPSA) is 41.7 Å². The van der Waals surface area contributed by atoms with Gasteiger partial charge < -0.3 is 15.4 Å². The van der Waals surface area contributed by atoms with E-state index in [4.69, 9.17) is 10.5 Å². The second kappa shape index (κ2) is 6.69. The molecule has 0 radical (unpaired) electrons. The Kier molecular flexibility index (Phi) is 5.86. The first-order valence-electron chi connectivity index (χ1n) is 6.70. The largest absolute Gasteiger partial charge is 0.383 e. The van der Waals surface area contributed by atoms with Gasteiger partial charge in [0.25, 0.3) is 0 Å². The summed E-state index contributed by atoms with van der Waals surface area (Å²) in [6.07, 6.45) is 3.60. The summed E-state index contributed by atoms with van der Waals surface area (Å²) in [5.41, 5.74) is 6.05. The monoisotopic (exact) mass is 243 g/mol. The molecular weight excluding hydrogens is 214 g/mol. The summed E-state index contributed by atoms with van der Waals surface area (Å²) in [6, 6.07) is 0.651. The molecule has 1 aliphatic heterocycles. The van der Waals surface area contributed by atoms with Crippen LogP contribution in [0.15, 0.2) is 0 Å². The van der Waals surface area contributed by atoms with E-state index in [-0.39, 0.29) is 5.54 Å². The van der Waals surface area contributed by atoms with Crippen molar-refractivity contribution < 1.29 is 4.74 Å². The summed E-state index contributed by atoms with van der Waals surface area (Å²) in [5, 5.41) is 0. The van der Waals surface area contributed by atoms with Crippen LogP contribution in [0.4, 0.5) is 0 Å². The molecule has 4 nitrogen and oxygen atoms in total. The van der Waals surface area contributed by atoms with Crippen molar-refractivity contribution in [3.63, 3.8) is 0 Å². The zero-order chi connectivity index (χ0) is 12.9. The van der Waals surface area contributed by atoms with Crippen molar-refractivity contribution in [2.45, 2.75) is 37.8 Å². The fourth-order valence-corrected chi connectivity index (χ4v) is 2.83. The van der Waals surface area contributed by atoms with Crippen LogP contribution >= 0.6 is 0 Å². The molecular formula is C13H29N3O. The van der Waals surface area contributed by atoms with Gasteiger partial charge in [-0.25, -0.2) is 0 Å². The number of methoxy groups -OCH3 is 1. The van der Waals surface area contributed by atoms with Gasteiger partial charge in [0.1, 0.15) is 0 Å². The number of ether oxygens (including phenoxy) is 1. The van der Waals surface area contributed by atoms with Gasteiger partial charge in [0, 0.05) is 26.2 Å². The molecule has 0 aromatic rings. The van der Waals surface area contributed by atoms with E-state index in [9.17, 15) is 0 Å². The smallest absolute Gasteiger partial charge is 0.0658 e. The van der Waals surface area contributed by atoms with Crippen LogP contribution in [0.2, 0.25) is 0 Å². The average Bonchev–Trinajstić information content (AvgIpc) is 2.36. The third-order valence-electron chi connectivity index (χ3n) is 4.25. The Morgan fingerprint density at radius 2 is 2.18 bits per heavy atom. The molecule has 0 spiro atoms. The molecule has 17 heavy (non-hydrogen) atoms. The van der Waals surface area contributed by atoms with Crippen molar-refractivity contribution in [3.05, 3.63) is 0 Å². The minimum Gasteiger partial charge on any atom is -0.383 e. The van der Waals surface area contributed by atoms with E-state index in [2.05, 4.69) is 30.8 Å². The molecule has 1 heterocycles. The average molecular weight is 243 g/mol. The number of likely N-dealkylation sites (tertiary alicyclic amines) is 1. The number of piperidine rings is 1. The Morgan fingerprint density at radius 3 is 2.65 bits per heavy atom. The van der Waals surface area contributed by atoms with Crippen molar-refractivity contribution in [1.29, 1.82) is 0 Å². The summed E-state index contributed by atoms with van der Waals surface area (Å²) in [7, 11) is 6.11. The molecule has 0 amide bonds. The van der Waals surface area contributed by atoms with Crippen molar-refractivity contribution >= 4 is 0 Å². The standard InChI is InChI=1S/C13H29N3O/c1-5-13(10-14,11-17-4)16-8-6-7-12(9-16)15(2)3/h12H,5-11,14H2,1-4H3. The molecule has 1 saturated heterocycles. The van der Waals surface area contributed by atoms with Crippen LogP contribution in [0.25, 0.3) is 0 Å². The molecule has 0 aromatic carbocycles. The summed E-state index contributed by atoms with van der Waals surface area (Å²) in [5.74, 6) is 0. The molecule has 2 N–H and O–H groups in total. The van der Waals surface area contributed by atoms with Crippen LogP contribution in [-0.4, -0.2) is 68.8 Å². The molecule has 4 heteroatoms. The fourth-order valence-electron chi connectivity index (χ4n) is 2.83. The number of hydrogen-bond donors (Lipinski definition) is 1. The Balaban J connectivity index is 2.73. The predicted molar refractivity (Wildman–Crippen MR) is 72.2 cm³/mol. The van der Waals surface area contributed by atoms with Crippen LogP contribution < -0.4 is 5.73 Å². The van der Waals surface area contributed by atoms with E-state index in [0.717, 1.165) is 26.1 Å². The van der Waals surface area contributed by atoms with E-state index in [0.29, 0.717) is 12.6 Å². The predicted octanol–water partition coefficient (Wildman–Crippen LogP) is 0.766. The number of likely N-dealkylation sites (N-methyl/N-ethyl adjacent to an activating group) is 1. The highest BCUT2D eigenvalue weighted by Gasteiger charge is 2.37. The first-order chi connectivity index (χ1) is 8.09. The highest BCUT2D eigenvalue weighted by Crippen LogP contribution is 2.25. The lowest BCUT2D eigenvalue weighted by atomic mass is 9.90. The first-order valence-corrected chi connectivity index (χ1v) is 6.70. The van der Waals surface area contributed by atoms with E-state index in [1.165, 1.54) is 12.8 Å². The minimum absolute atomic E-state index is 0.0312. The van der Waals surface area contributed by atoms with Crippen LogP contribution in [0.5, 0.6) is 0 Å².